The normalized spacial score (nSPS) is 18.5. The Morgan fingerprint density at radius 3 is 2.18 bits per heavy atom. The van der Waals surface area contributed by atoms with Gasteiger partial charge in [-0.1, -0.05) is 79.9 Å². The van der Waals surface area contributed by atoms with Crippen LogP contribution in [0.2, 0.25) is 0 Å². The van der Waals surface area contributed by atoms with Crippen molar-refractivity contribution in [2.24, 2.45) is 5.92 Å². The summed E-state index contributed by atoms with van der Waals surface area (Å²) in [7, 11) is 0. The molecule has 1 aliphatic carbocycles. The molecule has 5 amide bonds. The lowest BCUT2D eigenvalue weighted by atomic mass is 9.87. The van der Waals surface area contributed by atoms with Crippen molar-refractivity contribution >= 4 is 35.4 Å². The van der Waals surface area contributed by atoms with E-state index in [1.807, 2.05) is 30.3 Å². The standard InChI is InChI=1S/C42H53N5O8/c1-27(36(48)45-35(37(49)43-25-29-13-7-5-8-14-29)24-42(53)32-17-11-12-18-33(32)46-39(42)51)44-38(50)34(47-40(52)55-41(2,3)4)23-28-19-21-31(22-20-28)54-26-30-15-9-6-10-16-30/h6,9-12,15-22,27,29,34-35,53H,5,7-8,13-14,23-26H2,1-4H3,(H,43,49)(H,44,50)(H,45,48)(H,46,51)(H,47,52)/t27-,34-,35-,42+/m0/s1. The summed E-state index contributed by atoms with van der Waals surface area (Å²) in [5.74, 6) is -1.74. The van der Waals surface area contributed by atoms with Crippen LogP contribution in [0.3, 0.4) is 0 Å². The number of ether oxygens (including phenoxy) is 2. The van der Waals surface area contributed by atoms with E-state index in [0.29, 0.717) is 41.6 Å². The number of para-hydroxylation sites is 1. The van der Waals surface area contributed by atoms with E-state index in [-0.39, 0.29) is 6.42 Å². The minimum atomic E-state index is -2.09. The van der Waals surface area contributed by atoms with Gasteiger partial charge in [0.25, 0.3) is 5.91 Å². The van der Waals surface area contributed by atoms with Crippen LogP contribution >= 0.6 is 0 Å². The SMILES string of the molecule is C[C@H](NC(=O)[C@H](Cc1ccc(OCc2ccccc2)cc1)NC(=O)OC(C)(C)C)C(=O)N[C@@H](C[C@]1(O)C(=O)Nc2ccccc21)C(=O)NCC1CCCCC1. The molecule has 2 aliphatic rings. The average molecular weight is 756 g/mol. The van der Waals surface area contributed by atoms with Gasteiger partial charge in [-0.3, -0.25) is 19.2 Å². The van der Waals surface area contributed by atoms with Gasteiger partial charge >= 0.3 is 6.09 Å². The number of aliphatic hydroxyl groups is 1. The smallest absolute Gasteiger partial charge is 0.408 e. The van der Waals surface area contributed by atoms with Gasteiger partial charge in [-0.05, 0) is 75.8 Å². The number of benzene rings is 3. The highest BCUT2D eigenvalue weighted by Crippen LogP contribution is 2.39. The van der Waals surface area contributed by atoms with Crippen LogP contribution < -0.4 is 31.3 Å². The summed E-state index contributed by atoms with van der Waals surface area (Å²) in [5, 5.41) is 25.2. The number of hydrogen-bond acceptors (Lipinski definition) is 8. The Hall–Kier alpha value is -5.43. The molecule has 1 aliphatic heterocycles. The van der Waals surface area contributed by atoms with E-state index >= 15 is 0 Å². The van der Waals surface area contributed by atoms with Crippen molar-refractivity contribution in [2.45, 2.75) is 109 Å². The summed E-state index contributed by atoms with van der Waals surface area (Å²) in [6.07, 6.45) is 4.07. The van der Waals surface area contributed by atoms with Crippen molar-refractivity contribution in [3.63, 3.8) is 0 Å². The first-order valence-corrected chi connectivity index (χ1v) is 19.0. The molecule has 4 atom stereocenters. The van der Waals surface area contributed by atoms with Crippen LogP contribution in [0.25, 0.3) is 0 Å². The van der Waals surface area contributed by atoms with Crippen molar-refractivity contribution in [3.05, 3.63) is 95.6 Å². The largest absolute Gasteiger partial charge is 0.489 e. The van der Waals surface area contributed by atoms with Crippen molar-refractivity contribution < 1.29 is 38.6 Å². The minimum absolute atomic E-state index is 0.0616. The Bertz CT molecular complexity index is 1810. The maximum Gasteiger partial charge on any atom is 0.408 e. The molecule has 13 heteroatoms. The molecular formula is C42H53N5O8. The number of amides is 5. The van der Waals surface area contributed by atoms with E-state index in [9.17, 15) is 29.1 Å². The molecule has 3 aromatic carbocycles. The number of carbonyl (C=O) groups is 5. The van der Waals surface area contributed by atoms with Crippen molar-refractivity contribution in [1.82, 2.24) is 21.3 Å². The summed E-state index contributed by atoms with van der Waals surface area (Å²) < 4.78 is 11.3. The third-order valence-electron chi connectivity index (χ3n) is 9.79. The van der Waals surface area contributed by atoms with E-state index in [0.717, 1.165) is 37.7 Å². The Kier molecular flexibility index (Phi) is 13.5. The first-order valence-electron chi connectivity index (χ1n) is 19.0. The van der Waals surface area contributed by atoms with Gasteiger partial charge in [0.2, 0.25) is 17.7 Å². The summed E-state index contributed by atoms with van der Waals surface area (Å²) in [6.45, 7) is 7.34. The second-order valence-electron chi connectivity index (χ2n) is 15.4. The molecule has 0 radical (unpaired) electrons. The first-order chi connectivity index (χ1) is 26.2. The maximum absolute atomic E-state index is 13.7. The second kappa shape index (κ2) is 18.3. The zero-order chi connectivity index (χ0) is 39.6. The molecule has 0 saturated heterocycles. The van der Waals surface area contributed by atoms with Gasteiger partial charge in [-0.2, -0.15) is 0 Å². The van der Waals surface area contributed by atoms with Crippen molar-refractivity contribution in [2.75, 3.05) is 11.9 Å². The molecular weight excluding hydrogens is 702 g/mol. The molecule has 0 bridgehead atoms. The maximum atomic E-state index is 13.7. The minimum Gasteiger partial charge on any atom is -0.489 e. The lowest BCUT2D eigenvalue weighted by molar-refractivity contribution is -0.139. The van der Waals surface area contributed by atoms with E-state index < -0.39 is 65.5 Å². The van der Waals surface area contributed by atoms with Crippen molar-refractivity contribution in [3.8, 4) is 5.75 Å². The van der Waals surface area contributed by atoms with Crippen LogP contribution in [-0.4, -0.2) is 65.1 Å². The first kappa shape index (κ1) is 40.7. The van der Waals surface area contributed by atoms with Gasteiger partial charge in [-0.25, -0.2) is 4.79 Å². The zero-order valence-corrected chi connectivity index (χ0v) is 32.0. The average Bonchev–Trinajstić information content (AvgIpc) is 3.41. The molecule has 6 N–H and O–H groups in total. The third kappa shape index (κ3) is 11.5. The van der Waals surface area contributed by atoms with Crippen LogP contribution in [-0.2, 0) is 42.5 Å². The topological polar surface area (TPSA) is 184 Å². The van der Waals surface area contributed by atoms with Gasteiger partial charge in [0.1, 0.15) is 36.1 Å². The van der Waals surface area contributed by atoms with Gasteiger partial charge in [0.15, 0.2) is 5.60 Å². The summed E-state index contributed by atoms with van der Waals surface area (Å²) in [4.78, 5) is 67.0. The number of anilines is 1. The Balaban J connectivity index is 1.27. The Labute approximate surface area is 322 Å². The quantitative estimate of drug-likeness (QED) is 0.130. The van der Waals surface area contributed by atoms with Gasteiger partial charge < -0.3 is 41.2 Å². The third-order valence-corrected chi connectivity index (χ3v) is 9.79. The van der Waals surface area contributed by atoms with Gasteiger partial charge in [0.05, 0.1) is 0 Å². The Morgan fingerprint density at radius 2 is 1.49 bits per heavy atom. The Morgan fingerprint density at radius 1 is 0.818 bits per heavy atom. The van der Waals surface area contributed by atoms with E-state index in [4.69, 9.17) is 9.47 Å². The lowest BCUT2D eigenvalue weighted by Gasteiger charge is -2.29. The second-order valence-corrected chi connectivity index (χ2v) is 15.4. The molecule has 13 nitrogen and oxygen atoms in total. The molecule has 1 saturated carbocycles. The molecule has 1 fully saturated rings. The molecule has 1 heterocycles. The monoisotopic (exact) mass is 755 g/mol. The fourth-order valence-corrected chi connectivity index (χ4v) is 6.80. The highest BCUT2D eigenvalue weighted by molar-refractivity contribution is 6.05. The van der Waals surface area contributed by atoms with E-state index in [1.54, 1.807) is 69.3 Å². The number of alkyl carbamates (subject to hydrolysis) is 1. The van der Waals surface area contributed by atoms with Gasteiger partial charge in [0, 0.05) is 30.6 Å². The fourth-order valence-electron chi connectivity index (χ4n) is 6.80. The van der Waals surface area contributed by atoms with Crippen molar-refractivity contribution in [1.29, 1.82) is 0 Å². The summed E-state index contributed by atoms with van der Waals surface area (Å²) in [5.41, 5.74) is -0.483. The van der Waals surface area contributed by atoms with Crippen LogP contribution in [0.15, 0.2) is 78.9 Å². The molecule has 5 rings (SSSR count). The number of carbonyl (C=O) groups excluding carboxylic acids is 5. The number of fused-ring (bicyclic) bond motifs is 1. The number of hydrogen-bond donors (Lipinski definition) is 6. The van der Waals surface area contributed by atoms with Gasteiger partial charge in [-0.15, -0.1) is 0 Å². The van der Waals surface area contributed by atoms with Crippen LogP contribution in [0, 0.1) is 5.92 Å². The summed E-state index contributed by atoms with van der Waals surface area (Å²) >= 11 is 0. The van der Waals surface area contributed by atoms with Crippen LogP contribution in [0.4, 0.5) is 10.5 Å². The highest BCUT2D eigenvalue weighted by Gasteiger charge is 2.48. The van der Waals surface area contributed by atoms with Crippen LogP contribution in [0.1, 0.15) is 82.9 Å². The number of nitrogens with one attached hydrogen (secondary N) is 5. The molecule has 55 heavy (non-hydrogen) atoms. The van der Waals surface area contributed by atoms with E-state index in [2.05, 4.69) is 26.6 Å². The molecule has 294 valence electrons. The predicted octanol–water partition coefficient (Wildman–Crippen LogP) is 4.62. The lowest BCUT2D eigenvalue weighted by Crippen LogP contribution is -2.58. The molecule has 0 spiro atoms. The predicted molar refractivity (Wildman–Crippen MR) is 207 cm³/mol. The number of rotatable bonds is 15. The molecule has 0 unspecified atom stereocenters. The summed E-state index contributed by atoms with van der Waals surface area (Å²) in [6, 6.07) is 19.8. The molecule has 0 aromatic heterocycles. The molecule has 3 aromatic rings. The van der Waals surface area contributed by atoms with E-state index in [1.165, 1.54) is 6.92 Å². The van der Waals surface area contributed by atoms with Crippen LogP contribution in [0.5, 0.6) is 5.75 Å². The zero-order valence-electron chi connectivity index (χ0n) is 32.0. The fraction of sp³-hybridized carbons (Fsp3) is 0.452. The highest BCUT2D eigenvalue weighted by atomic mass is 16.6.